The lowest BCUT2D eigenvalue weighted by Gasteiger charge is -2.33. The summed E-state index contributed by atoms with van der Waals surface area (Å²) in [6.45, 7) is 7.53. The van der Waals surface area contributed by atoms with Crippen LogP contribution in [0.4, 0.5) is 5.69 Å². The van der Waals surface area contributed by atoms with Crippen molar-refractivity contribution in [3.05, 3.63) is 23.8 Å². The molecule has 0 spiro atoms. The van der Waals surface area contributed by atoms with Gasteiger partial charge in [0.25, 0.3) is 0 Å². The maximum Gasteiger partial charge on any atom is 0.227 e. The van der Waals surface area contributed by atoms with Crippen molar-refractivity contribution in [1.82, 2.24) is 4.90 Å². The first kappa shape index (κ1) is 17.2. The number of phenols is 1. The molecule has 132 valence electrons. The van der Waals surface area contributed by atoms with Crippen molar-refractivity contribution in [2.75, 3.05) is 44.3 Å². The predicted molar refractivity (Wildman–Crippen MR) is 94.6 cm³/mol. The van der Waals surface area contributed by atoms with Gasteiger partial charge in [-0.15, -0.1) is 0 Å². The average molecular weight is 332 g/mol. The van der Waals surface area contributed by atoms with Crippen molar-refractivity contribution < 1.29 is 14.6 Å². The minimum atomic E-state index is 0.131. The molecule has 0 radical (unpaired) electrons. The van der Waals surface area contributed by atoms with Gasteiger partial charge in [0.15, 0.2) is 0 Å². The molecule has 0 aromatic heterocycles. The number of hydrogen-bond donors (Lipinski definition) is 1. The summed E-state index contributed by atoms with van der Waals surface area (Å²) in [4.78, 5) is 16.8. The lowest BCUT2D eigenvalue weighted by molar-refractivity contribution is -0.118. The van der Waals surface area contributed by atoms with Crippen molar-refractivity contribution in [3.8, 4) is 5.75 Å². The molecule has 2 heterocycles. The summed E-state index contributed by atoms with van der Waals surface area (Å²) in [6, 6.07) is 5.56. The Morgan fingerprint density at radius 3 is 2.83 bits per heavy atom. The topological polar surface area (TPSA) is 53.0 Å². The summed E-state index contributed by atoms with van der Waals surface area (Å²) >= 11 is 0. The lowest BCUT2D eigenvalue weighted by atomic mass is 9.91. The molecule has 2 aliphatic heterocycles. The lowest BCUT2D eigenvalue weighted by Crippen LogP contribution is -2.37. The number of para-hydroxylation sites is 1. The molecule has 1 atom stereocenters. The molecule has 1 amide bonds. The average Bonchev–Trinajstić information content (AvgIpc) is 2.60. The van der Waals surface area contributed by atoms with Gasteiger partial charge in [-0.25, -0.2) is 0 Å². The number of unbranched alkanes of at least 4 members (excludes halogenated alkanes) is 1. The number of amides is 1. The van der Waals surface area contributed by atoms with Crippen molar-refractivity contribution >= 4 is 11.6 Å². The van der Waals surface area contributed by atoms with Gasteiger partial charge in [0.05, 0.1) is 18.9 Å². The normalized spacial score (nSPS) is 21.5. The van der Waals surface area contributed by atoms with Crippen LogP contribution in [-0.4, -0.2) is 55.3 Å². The van der Waals surface area contributed by atoms with Crippen LogP contribution < -0.4 is 4.90 Å². The fourth-order valence-corrected chi connectivity index (χ4v) is 3.65. The molecular weight excluding hydrogens is 304 g/mol. The van der Waals surface area contributed by atoms with Crippen LogP contribution in [0.2, 0.25) is 0 Å². The third kappa shape index (κ3) is 3.90. The van der Waals surface area contributed by atoms with E-state index >= 15 is 0 Å². The smallest absolute Gasteiger partial charge is 0.227 e. The second kappa shape index (κ2) is 7.99. The van der Waals surface area contributed by atoms with E-state index in [2.05, 4.69) is 11.8 Å². The summed E-state index contributed by atoms with van der Waals surface area (Å²) in [5.41, 5.74) is 1.82. The van der Waals surface area contributed by atoms with Gasteiger partial charge in [-0.3, -0.25) is 9.69 Å². The van der Waals surface area contributed by atoms with E-state index in [0.29, 0.717) is 18.9 Å². The van der Waals surface area contributed by atoms with Crippen molar-refractivity contribution in [2.45, 2.75) is 38.5 Å². The summed E-state index contributed by atoms with van der Waals surface area (Å²) in [5, 5.41) is 10.2. The van der Waals surface area contributed by atoms with Crippen molar-refractivity contribution in [2.24, 2.45) is 0 Å². The van der Waals surface area contributed by atoms with Gasteiger partial charge in [-0.1, -0.05) is 19.1 Å². The third-order valence-corrected chi connectivity index (χ3v) is 5.15. The fourth-order valence-electron chi connectivity index (χ4n) is 3.65. The Bertz CT molecular complexity index is 570. The second-order valence-electron chi connectivity index (χ2n) is 6.86. The quantitative estimate of drug-likeness (QED) is 0.843. The molecule has 24 heavy (non-hydrogen) atoms. The highest BCUT2D eigenvalue weighted by Crippen LogP contribution is 2.41. The van der Waals surface area contributed by atoms with Gasteiger partial charge in [-0.05, 0) is 43.4 Å². The number of anilines is 1. The Hall–Kier alpha value is -1.59. The molecular formula is C19H28N2O3. The first-order valence-corrected chi connectivity index (χ1v) is 9.09. The minimum absolute atomic E-state index is 0.131. The van der Waals surface area contributed by atoms with Gasteiger partial charge in [0, 0.05) is 26.1 Å². The van der Waals surface area contributed by atoms with Crippen molar-refractivity contribution in [1.29, 1.82) is 0 Å². The second-order valence-corrected chi connectivity index (χ2v) is 6.86. The first-order valence-electron chi connectivity index (χ1n) is 9.09. The van der Waals surface area contributed by atoms with Gasteiger partial charge in [0.1, 0.15) is 5.75 Å². The number of morpholine rings is 1. The number of carbonyl (C=O) groups excluding carboxylic acids is 1. The molecule has 1 aromatic carbocycles. The van der Waals surface area contributed by atoms with Crippen molar-refractivity contribution in [3.63, 3.8) is 0 Å². The van der Waals surface area contributed by atoms with E-state index in [9.17, 15) is 9.90 Å². The Labute approximate surface area is 144 Å². The molecule has 5 nitrogen and oxygen atoms in total. The number of hydrogen-bond acceptors (Lipinski definition) is 4. The summed E-state index contributed by atoms with van der Waals surface area (Å²) in [6.07, 6.45) is 3.43. The van der Waals surface area contributed by atoms with Gasteiger partial charge in [0.2, 0.25) is 5.91 Å². The zero-order valence-electron chi connectivity index (χ0n) is 14.5. The number of phenolic OH excluding ortho intramolecular Hbond substituents is 1. The van der Waals surface area contributed by atoms with Crippen LogP contribution in [0.3, 0.4) is 0 Å². The van der Waals surface area contributed by atoms with Gasteiger partial charge < -0.3 is 14.7 Å². The Balaban J connectivity index is 1.53. The fraction of sp³-hybridized carbons (Fsp3) is 0.632. The highest BCUT2D eigenvalue weighted by atomic mass is 16.5. The predicted octanol–water partition coefficient (Wildman–Crippen LogP) is 2.73. The number of benzene rings is 1. The van der Waals surface area contributed by atoms with E-state index in [1.165, 1.54) is 0 Å². The molecule has 1 fully saturated rings. The van der Waals surface area contributed by atoms with E-state index in [-0.39, 0.29) is 11.7 Å². The van der Waals surface area contributed by atoms with Crippen LogP contribution in [0, 0.1) is 0 Å². The van der Waals surface area contributed by atoms with Crippen LogP contribution in [-0.2, 0) is 9.53 Å². The van der Waals surface area contributed by atoms with E-state index in [4.69, 9.17) is 4.74 Å². The summed E-state index contributed by atoms with van der Waals surface area (Å²) < 4.78 is 5.35. The third-order valence-electron chi connectivity index (χ3n) is 5.15. The van der Waals surface area contributed by atoms with E-state index in [1.807, 2.05) is 12.1 Å². The molecule has 3 rings (SSSR count). The SMILES string of the molecule is C[C@@H]1CCN(C(=O)CCCCN2CCOCC2)c2c(O)cccc21. The zero-order chi connectivity index (χ0) is 16.9. The standard InChI is InChI=1S/C19H28N2O3/c1-15-8-10-21(19-16(15)5-4-6-17(19)22)18(23)7-2-3-9-20-11-13-24-14-12-20/h4-6,15,22H,2-3,7-14H2,1H3/t15-/m1/s1. The Kier molecular flexibility index (Phi) is 5.74. The molecule has 0 unspecified atom stereocenters. The largest absolute Gasteiger partial charge is 0.506 e. The molecule has 1 N–H and O–H groups in total. The molecule has 5 heteroatoms. The van der Waals surface area contributed by atoms with Crippen LogP contribution in [0.25, 0.3) is 0 Å². The molecule has 1 aromatic rings. The number of fused-ring (bicyclic) bond motifs is 1. The molecule has 0 bridgehead atoms. The van der Waals surface area contributed by atoms with Crippen LogP contribution in [0.5, 0.6) is 5.75 Å². The first-order chi connectivity index (χ1) is 11.7. The van der Waals surface area contributed by atoms with Crippen LogP contribution in [0.15, 0.2) is 18.2 Å². The number of nitrogens with zero attached hydrogens (tertiary/aromatic N) is 2. The van der Waals surface area contributed by atoms with Crippen LogP contribution in [0.1, 0.15) is 44.1 Å². The van der Waals surface area contributed by atoms with E-state index in [0.717, 1.165) is 63.4 Å². The molecule has 0 aliphatic carbocycles. The molecule has 0 saturated carbocycles. The number of aromatic hydroxyl groups is 1. The monoisotopic (exact) mass is 332 g/mol. The molecule has 2 aliphatic rings. The highest BCUT2D eigenvalue weighted by Gasteiger charge is 2.28. The Morgan fingerprint density at radius 2 is 2.04 bits per heavy atom. The molecule has 1 saturated heterocycles. The van der Waals surface area contributed by atoms with E-state index < -0.39 is 0 Å². The number of carbonyl (C=O) groups is 1. The number of rotatable bonds is 5. The van der Waals surface area contributed by atoms with Crippen LogP contribution >= 0.6 is 0 Å². The minimum Gasteiger partial charge on any atom is -0.506 e. The summed E-state index contributed by atoms with van der Waals surface area (Å²) in [5.74, 6) is 0.741. The zero-order valence-corrected chi connectivity index (χ0v) is 14.5. The van der Waals surface area contributed by atoms with Gasteiger partial charge >= 0.3 is 0 Å². The maximum absolute atomic E-state index is 12.7. The highest BCUT2D eigenvalue weighted by molar-refractivity contribution is 5.96. The number of ether oxygens (including phenoxy) is 1. The maximum atomic E-state index is 12.7. The van der Waals surface area contributed by atoms with E-state index in [1.54, 1.807) is 11.0 Å². The summed E-state index contributed by atoms with van der Waals surface area (Å²) in [7, 11) is 0. The van der Waals surface area contributed by atoms with Gasteiger partial charge in [-0.2, -0.15) is 0 Å². The Morgan fingerprint density at radius 1 is 1.25 bits per heavy atom.